The van der Waals surface area contributed by atoms with E-state index in [-0.39, 0.29) is 56.9 Å². The summed E-state index contributed by atoms with van der Waals surface area (Å²) in [5.74, 6) is 0. The molecule has 1 rings (SSSR count). The van der Waals surface area contributed by atoms with E-state index in [1.807, 2.05) is 22.6 Å². The van der Waals surface area contributed by atoms with Crippen molar-refractivity contribution < 1.29 is 64.3 Å². The van der Waals surface area contributed by atoms with Crippen LogP contribution >= 0.6 is 35.2 Å². The summed E-state index contributed by atoms with van der Waals surface area (Å²) in [6.07, 6.45) is -0.829. The summed E-state index contributed by atoms with van der Waals surface area (Å²) in [6, 6.07) is 4.69. The first kappa shape index (κ1) is 15.8. The second-order valence-corrected chi connectivity index (χ2v) is 4.49. The molecule has 0 bridgehead atoms. The summed E-state index contributed by atoms with van der Waals surface area (Å²) < 4.78 is 36.9. The molecular formula is C7H6BF3IKS. The van der Waals surface area contributed by atoms with Crippen LogP contribution in [0.2, 0.25) is 0 Å². The molecular weight excluding hydrogens is 350 g/mol. The SMILES string of the molecule is F[B-](F)(F)Cc1cc(S)cc(I)c1.[K+]. The number of halogens is 4. The van der Waals surface area contributed by atoms with Gasteiger partial charge in [-0.15, -0.1) is 12.6 Å². The van der Waals surface area contributed by atoms with Crippen LogP contribution in [-0.4, -0.2) is 6.98 Å². The average molecular weight is 356 g/mol. The Morgan fingerprint density at radius 2 is 1.79 bits per heavy atom. The number of hydrogen-bond acceptors (Lipinski definition) is 1. The van der Waals surface area contributed by atoms with E-state index in [1.54, 1.807) is 6.07 Å². The minimum Gasteiger partial charge on any atom is -0.449 e. The summed E-state index contributed by atoms with van der Waals surface area (Å²) in [6.45, 7) is -4.75. The molecule has 0 amide bonds. The van der Waals surface area contributed by atoms with Gasteiger partial charge in [-0.1, -0.05) is 11.9 Å². The Balaban J connectivity index is 0.00000169. The Morgan fingerprint density at radius 3 is 2.21 bits per heavy atom. The Kier molecular flexibility index (Phi) is 7.34. The standard InChI is InChI=1S/C7H6BF3IS.K/c9-8(10,11)4-5-1-6(12)3-7(13)2-5;/h1-3,13H,4H2;/q-1;+1. The molecule has 0 spiro atoms. The van der Waals surface area contributed by atoms with Crippen LogP contribution in [-0.2, 0) is 6.32 Å². The van der Waals surface area contributed by atoms with Crippen molar-refractivity contribution in [3.05, 3.63) is 27.3 Å². The number of benzene rings is 1. The van der Waals surface area contributed by atoms with Gasteiger partial charge in [0.1, 0.15) is 0 Å². The van der Waals surface area contributed by atoms with Crippen LogP contribution in [0.3, 0.4) is 0 Å². The van der Waals surface area contributed by atoms with Gasteiger partial charge in [0.05, 0.1) is 0 Å². The first-order chi connectivity index (χ1) is 5.87. The second kappa shape index (κ2) is 6.51. The fraction of sp³-hybridized carbons (Fsp3) is 0.143. The van der Waals surface area contributed by atoms with Crippen molar-refractivity contribution in [1.29, 1.82) is 0 Å². The van der Waals surface area contributed by atoms with E-state index < -0.39 is 13.3 Å². The summed E-state index contributed by atoms with van der Waals surface area (Å²) in [5.41, 5.74) is 0.282. The zero-order valence-corrected chi connectivity index (χ0v) is 13.7. The predicted molar refractivity (Wildman–Crippen MR) is 59.2 cm³/mol. The van der Waals surface area contributed by atoms with Crippen LogP contribution in [0.25, 0.3) is 0 Å². The van der Waals surface area contributed by atoms with Crippen LogP contribution in [0.1, 0.15) is 5.56 Å². The van der Waals surface area contributed by atoms with Crippen LogP contribution in [0, 0.1) is 3.57 Å². The Bertz CT molecular complexity index is 298. The molecule has 0 unspecified atom stereocenters. The minimum absolute atomic E-state index is 0. The van der Waals surface area contributed by atoms with Crippen molar-refractivity contribution in [1.82, 2.24) is 0 Å². The number of hydrogen-bond donors (Lipinski definition) is 1. The third kappa shape index (κ3) is 6.39. The molecule has 1 aromatic rings. The van der Waals surface area contributed by atoms with Gasteiger partial charge in [0, 0.05) is 8.47 Å². The molecule has 0 heterocycles. The van der Waals surface area contributed by atoms with Crippen molar-refractivity contribution in [3.8, 4) is 0 Å². The van der Waals surface area contributed by atoms with Crippen LogP contribution in [0.5, 0.6) is 0 Å². The maximum Gasteiger partial charge on any atom is 1.00 e. The molecule has 0 atom stereocenters. The van der Waals surface area contributed by atoms with Crippen LogP contribution in [0.15, 0.2) is 23.1 Å². The normalized spacial score (nSPS) is 10.9. The van der Waals surface area contributed by atoms with E-state index in [0.29, 0.717) is 4.90 Å². The molecule has 0 saturated heterocycles. The summed E-state index contributed by atoms with van der Waals surface area (Å²) in [4.78, 5) is 0.571. The largest absolute Gasteiger partial charge is 1.00 e. The van der Waals surface area contributed by atoms with E-state index in [4.69, 9.17) is 0 Å². The van der Waals surface area contributed by atoms with Crippen LogP contribution < -0.4 is 51.4 Å². The molecule has 0 N–H and O–H groups in total. The summed E-state index contributed by atoms with van der Waals surface area (Å²) in [7, 11) is 0. The van der Waals surface area contributed by atoms with E-state index in [1.165, 1.54) is 12.1 Å². The third-order valence-electron chi connectivity index (χ3n) is 1.41. The molecule has 72 valence electrons. The quantitative estimate of drug-likeness (QED) is 0.446. The molecule has 0 fully saturated rings. The van der Waals surface area contributed by atoms with Gasteiger partial charge in [-0.25, -0.2) is 0 Å². The molecule has 0 aliphatic carbocycles. The molecule has 0 saturated carbocycles. The number of rotatable bonds is 2. The van der Waals surface area contributed by atoms with Gasteiger partial charge in [0.15, 0.2) is 0 Å². The zero-order chi connectivity index (χ0) is 10.1. The second-order valence-electron chi connectivity index (χ2n) is 2.73. The fourth-order valence-corrected chi connectivity index (χ4v) is 2.31. The Hall–Kier alpha value is 1.79. The van der Waals surface area contributed by atoms with Crippen molar-refractivity contribution in [2.24, 2.45) is 0 Å². The van der Waals surface area contributed by atoms with Crippen molar-refractivity contribution >= 4 is 42.2 Å². The van der Waals surface area contributed by atoms with E-state index >= 15 is 0 Å². The van der Waals surface area contributed by atoms with Gasteiger partial charge < -0.3 is 12.9 Å². The Morgan fingerprint density at radius 1 is 1.21 bits per heavy atom. The van der Waals surface area contributed by atoms with Gasteiger partial charge in [0.2, 0.25) is 0 Å². The van der Waals surface area contributed by atoms with Gasteiger partial charge >= 0.3 is 58.4 Å². The smallest absolute Gasteiger partial charge is 0.449 e. The molecule has 0 aliphatic rings. The predicted octanol–water partition coefficient (Wildman–Crippen LogP) is 0.513. The topological polar surface area (TPSA) is 0 Å². The van der Waals surface area contributed by atoms with Crippen LogP contribution in [0.4, 0.5) is 12.9 Å². The minimum atomic E-state index is -4.75. The van der Waals surface area contributed by atoms with Crippen molar-refractivity contribution in [2.75, 3.05) is 0 Å². The van der Waals surface area contributed by atoms with Gasteiger partial charge in [-0.3, -0.25) is 0 Å². The molecule has 0 aliphatic heterocycles. The average Bonchev–Trinajstić information content (AvgIpc) is 1.78. The van der Waals surface area contributed by atoms with Crippen molar-refractivity contribution in [3.63, 3.8) is 0 Å². The van der Waals surface area contributed by atoms with Crippen molar-refractivity contribution in [2.45, 2.75) is 11.2 Å². The third-order valence-corrected chi connectivity index (χ3v) is 2.29. The van der Waals surface area contributed by atoms with Gasteiger partial charge in [-0.2, -0.15) is 0 Å². The molecule has 1 aromatic carbocycles. The van der Waals surface area contributed by atoms with E-state index in [9.17, 15) is 12.9 Å². The first-order valence-electron chi connectivity index (χ1n) is 3.56. The molecule has 0 radical (unpaired) electrons. The molecule has 14 heavy (non-hydrogen) atoms. The van der Waals surface area contributed by atoms with E-state index in [0.717, 1.165) is 3.57 Å². The molecule has 7 heteroatoms. The molecule has 0 aromatic heterocycles. The summed E-state index contributed by atoms with van der Waals surface area (Å²) in [5, 5.41) is 0. The van der Waals surface area contributed by atoms with Gasteiger partial charge in [0.25, 0.3) is 0 Å². The number of thiol groups is 1. The van der Waals surface area contributed by atoms with Gasteiger partial charge in [-0.05, 0) is 40.8 Å². The maximum atomic E-state index is 12.0. The maximum absolute atomic E-state index is 12.0. The first-order valence-corrected chi connectivity index (χ1v) is 5.09. The fourth-order valence-electron chi connectivity index (χ4n) is 1.02. The monoisotopic (exact) mass is 356 g/mol. The Labute approximate surface area is 142 Å². The molecule has 0 nitrogen and oxygen atoms in total. The zero-order valence-electron chi connectivity index (χ0n) is 7.48. The summed E-state index contributed by atoms with van der Waals surface area (Å²) >= 11 is 5.98. The van der Waals surface area contributed by atoms with E-state index in [2.05, 4.69) is 12.6 Å².